The molecule has 1 aromatic rings. The van der Waals surface area contributed by atoms with Gasteiger partial charge in [0.25, 0.3) is 0 Å². The first-order chi connectivity index (χ1) is 5.87. The van der Waals surface area contributed by atoms with E-state index >= 15 is 0 Å². The van der Waals surface area contributed by atoms with Gasteiger partial charge in [0, 0.05) is 5.54 Å². The highest BCUT2D eigenvalue weighted by Gasteiger charge is 2.11. The maximum Gasteiger partial charge on any atom is 0.229 e. The molecule has 0 bridgehead atoms. The number of rotatable bonds is 1. The largest absolute Gasteiger partial charge is 0.368 e. The van der Waals surface area contributed by atoms with E-state index in [9.17, 15) is 0 Å². The maximum absolute atomic E-state index is 5.40. The van der Waals surface area contributed by atoms with Gasteiger partial charge in [-0.25, -0.2) is 0 Å². The molecular weight excluding hydrogens is 168 g/mol. The van der Waals surface area contributed by atoms with Crippen LogP contribution >= 0.6 is 0 Å². The van der Waals surface area contributed by atoms with Crippen LogP contribution in [-0.2, 0) is 0 Å². The molecule has 0 aromatic carbocycles. The van der Waals surface area contributed by atoms with Crippen LogP contribution in [0.15, 0.2) is 0 Å². The molecule has 0 radical (unpaired) electrons. The van der Waals surface area contributed by atoms with Crippen molar-refractivity contribution in [3.05, 3.63) is 0 Å². The minimum atomic E-state index is -0.125. The number of hydrogen-bond donors (Lipinski definition) is 3. The first-order valence-corrected chi connectivity index (χ1v) is 3.92. The van der Waals surface area contributed by atoms with Gasteiger partial charge in [-0.2, -0.15) is 15.0 Å². The fourth-order valence-electron chi connectivity index (χ4n) is 0.801. The standard InChI is InChI=1S/C7H14N6/c1-7(2,3)13-6-11-4(8)10-5(9)12-6/h1-3H3,(H5,8,9,10,11,12,13). The third-order valence-electron chi connectivity index (χ3n) is 1.16. The zero-order valence-electron chi connectivity index (χ0n) is 8.00. The minimum absolute atomic E-state index is 0.124. The van der Waals surface area contributed by atoms with Gasteiger partial charge in [-0.1, -0.05) is 0 Å². The Morgan fingerprint density at radius 3 is 1.85 bits per heavy atom. The molecule has 0 amide bonds. The van der Waals surface area contributed by atoms with Crippen LogP contribution in [0.1, 0.15) is 20.8 Å². The number of nitrogens with zero attached hydrogens (tertiary/aromatic N) is 3. The fourth-order valence-corrected chi connectivity index (χ4v) is 0.801. The molecule has 1 heterocycles. The number of nitrogens with one attached hydrogen (secondary N) is 1. The van der Waals surface area contributed by atoms with Crippen LogP contribution in [0.25, 0.3) is 0 Å². The summed E-state index contributed by atoms with van der Waals surface area (Å²) in [6, 6.07) is 0. The topological polar surface area (TPSA) is 103 Å². The quantitative estimate of drug-likeness (QED) is 0.575. The van der Waals surface area contributed by atoms with E-state index in [1.54, 1.807) is 0 Å². The Balaban J connectivity index is 2.90. The fraction of sp³-hybridized carbons (Fsp3) is 0.571. The van der Waals surface area contributed by atoms with Crippen molar-refractivity contribution in [1.82, 2.24) is 15.0 Å². The first-order valence-electron chi connectivity index (χ1n) is 3.92. The molecule has 0 fully saturated rings. The molecule has 0 saturated heterocycles. The summed E-state index contributed by atoms with van der Waals surface area (Å²) in [5.41, 5.74) is 10.7. The monoisotopic (exact) mass is 182 g/mol. The Bertz CT molecular complexity index is 282. The molecule has 0 aliphatic heterocycles. The van der Waals surface area contributed by atoms with Gasteiger partial charge in [0.1, 0.15) is 0 Å². The van der Waals surface area contributed by atoms with E-state index < -0.39 is 0 Å². The molecular formula is C7H14N6. The Hall–Kier alpha value is -1.59. The van der Waals surface area contributed by atoms with E-state index in [-0.39, 0.29) is 17.4 Å². The van der Waals surface area contributed by atoms with E-state index in [2.05, 4.69) is 20.3 Å². The molecule has 0 aliphatic carbocycles. The molecule has 6 nitrogen and oxygen atoms in total. The number of aromatic nitrogens is 3. The summed E-state index contributed by atoms with van der Waals surface area (Å²) in [6.45, 7) is 5.97. The third kappa shape index (κ3) is 3.10. The minimum Gasteiger partial charge on any atom is -0.368 e. The summed E-state index contributed by atoms with van der Waals surface area (Å²) in [5, 5.41) is 3.04. The van der Waals surface area contributed by atoms with Crippen LogP contribution < -0.4 is 16.8 Å². The van der Waals surface area contributed by atoms with E-state index in [1.807, 2.05) is 20.8 Å². The van der Waals surface area contributed by atoms with E-state index in [1.165, 1.54) is 0 Å². The van der Waals surface area contributed by atoms with Crippen LogP contribution in [0.2, 0.25) is 0 Å². The van der Waals surface area contributed by atoms with Crippen LogP contribution in [0.3, 0.4) is 0 Å². The normalized spacial score (nSPS) is 11.3. The smallest absolute Gasteiger partial charge is 0.229 e. The number of anilines is 3. The summed E-state index contributed by atoms with van der Waals surface area (Å²) in [7, 11) is 0. The van der Waals surface area contributed by atoms with Crippen LogP contribution in [0.5, 0.6) is 0 Å². The second-order valence-corrected chi connectivity index (χ2v) is 3.75. The average Bonchev–Trinajstić information content (AvgIpc) is 1.78. The maximum atomic E-state index is 5.40. The van der Waals surface area contributed by atoms with Crippen molar-refractivity contribution in [3.8, 4) is 0 Å². The number of nitrogens with two attached hydrogens (primary N) is 2. The highest BCUT2D eigenvalue weighted by Crippen LogP contribution is 2.10. The zero-order valence-corrected chi connectivity index (χ0v) is 8.00. The molecule has 1 rings (SSSR count). The average molecular weight is 182 g/mol. The van der Waals surface area contributed by atoms with Crippen LogP contribution in [0.4, 0.5) is 17.8 Å². The van der Waals surface area contributed by atoms with Crippen molar-refractivity contribution in [2.45, 2.75) is 26.3 Å². The molecule has 6 heteroatoms. The summed E-state index contributed by atoms with van der Waals surface area (Å²) in [6.07, 6.45) is 0. The van der Waals surface area contributed by atoms with Crippen molar-refractivity contribution in [2.24, 2.45) is 0 Å². The summed E-state index contributed by atoms with van der Waals surface area (Å²) in [5.74, 6) is 0.649. The molecule has 13 heavy (non-hydrogen) atoms. The van der Waals surface area contributed by atoms with E-state index in [0.29, 0.717) is 5.95 Å². The van der Waals surface area contributed by atoms with Gasteiger partial charge in [0.2, 0.25) is 17.8 Å². The Kier molecular flexibility index (Phi) is 2.22. The van der Waals surface area contributed by atoms with Crippen molar-refractivity contribution >= 4 is 17.8 Å². The lowest BCUT2D eigenvalue weighted by Crippen LogP contribution is -2.27. The predicted molar refractivity (Wildman–Crippen MR) is 52.0 cm³/mol. The molecule has 0 aliphatic rings. The number of nitrogen functional groups attached to an aromatic ring is 2. The summed E-state index contributed by atoms with van der Waals surface area (Å²) in [4.78, 5) is 11.4. The Morgan fingerprint density at radius 1 is 1.00 bits per heavy atom. The van der Waals surface area contributed by atoms with Gasteiger partial charge in [-0.3, -0.25) is 0 Å². The molecule has 0 unspecified atom stereocenters. The summed E-state index contributed by atoms with van der Waals surface area (Å²) < 4.78 is 0. The Morgan fingerprint density at radius 2 is 1.46 bits per heavy atom. The molecule has 1 aromatic heterocycles. The van der Waals surface area contributed by atoms with Gasteiger partial charge >= 0.3 is 0 Å². The lowest BCUT2D eigenvalue weighted by Gasteiger charge is -2.20. The second-order valence-electron chi connectivity index (χ2n) is 3.75. The third-order valence-corrected chi connectivity index (χ3v) is 1.16. The van der Waals surface area contributed by atoms with Gasteiger partial charge in [-0.05, 0) is 20.8 Å². The van der Waals surface area contributed by atoms with Crippen LogP contribution in [-0.4, -0.2) is 20.5 Å². The Labute approximate surface area is 76.8 Å². The zero-order chi connectivity index (χ0) is 10.1. The van der Waals surface area contributed by atoms with Gasteiger partial charge < -0.3 is 16.8 Å². The van der Waals surface area contributed by atoms with Gasteiger partial charge in [-0.15, -0.1) is 0 Å². The molecule has 0 atom stereocenters. The molecule has 5 N–H and O–H groups in total. The first kappa shape index (κ1) is 9.50. The highest BCUT2D eigenvalue weighted by atomic mass is 15.2. The molecule has 0 saturated carbocycles. The van der Waals surface area contributed by atoms with Crippen molar-refractivity contribution in [2.75, 3.05) is 16.8 Å². The SMILES string of the molecule is CC(C)(C)Nc1nc(N)nc(N)n1. The van der Waals surface area contributed by atoms with E-state index in [4.69, 9.17) is 11.5 Å². The highest BCUT2D eigenvalue weighted by molar-refractivity contribution is 5.38. The van der Waals surface area contributed by atoms with Crippen LogP contribution in [0, 0.1) is 0 Å². The molecule has 0 spiro atoms. The predicted octanol–water partition coefficient (Wildman–Crippen LogP) is 0.246. The van der Waals surface area contributed by atoms with Crippen molar-refractivity contribution in [1.29, 1.82) is 0 Å². The van der Waals surface area contributed by atoms with E-state index in [0.717, 1.165) is 0 Å². The van der Waals surface area contributed by atoms with Crippen molar-refractivity contribution < 1.29 is 0 Å². The van der Waals surface area contributed by atoms with Gasteiger partial charge in [0.15, 0.2) is 0 Å². The second kappa shape index (κ2) is 3.04. The molecule has 72 valence electrons. The lowest BCUT2D eigenvalue weighted by molar-refractivity contribution is 0.626. The number of hydrogen-bond acceptors (Lipinski definition) is 6. The lowest BCUT2D eigenvalue weighted by atomic mass is 10.1. The van der Waals surface area contributed by atoms with Gasteiger partial charge in [0.05, 0.1) is 0 Å². The summed E-state index contributed by atoms with van der Waals surface area (Å²) >= 11 is 0. The van der Waals surface area contributed by atoms with Crippen molar-refractivity contribution in [3.63, 3.8) is 0 Å².